The lowest BCUT2D eigenvalue weighted by Gasteiger charge is -2.29. The van der Waals surface area contributed by atoms with E-state index >= 15 is 0 Å². The number of nitrogens with one attached hydrogen (secondary N) is 1. The summed E-state index contributed by atoms with van der Waals surface area (Å²) in [7, 11) is 1.60. The van der Waals surface area contributed by atoms with Crippen molar-refractivity contribution in [2.75, 3.05) is 32.1 Å². The van der Waals surface area contributed by atoms with Crippen molar-refractivity contribution < 1.29 is 14.3 Å². The molecule has 1 aromatic rings. The molecule has 1 unspecified atom stereocenters. The Morgan fingerprint density at radius 3 is 2.52 bits per heavy atom. The van der Waals surface area contributed by atoms with E-state index in [1.807, 2.05) is 18.2 Å². The summed E-state index contributed by atoms with van der Waals surface area (Å²) < 4.78 is 5.28. The molecule has 1 fully saturated rings. The average Bonchev–Trinajstić information content (AvgIpc) is 2.55. The molecule has 0 saturated carbocycles. The first-order valence-corrected chi connectivity index (χ1v) is 7.51. The highest BCUT2D eigenvalue weighted by molar-refractivity contribution is 5.95. The normalized spacial score (nSPS) is 16.1. The minimum atomic E-state index is -0.571. The maximum absolute atomic E-state index is 12.3. The van der Waals surface area contributed by atoms with E-state index in [4.69, 9.17) is 10.5 Å². The second kappa shape index (κ2) is 9.50. The van der Waals surface area contributed by atoms with Gasteiger partial charge in [0.25, 0.3) is 0 Å². The number of likely N-dealkylation sites (N-methyl/N-ethyl adjacent to an activating group) is 1. The highest BCUT2D eigenvalue weighted by atomic mass is 35.5. The van der Waals surface area contributed by atoms with Gasteiger partial charge >= 0.3 is 0 Å². The third-order valence-corrected chi connectivity index (χ3v) is 3.87. The van der Waals surface area contributed by atoms with Gasteiger partial charge in [0.05, 0.1) is 12.6 Å². The molecule has 0 aromatic heterocycles. The first-order chi connectivity index (χ1) is 10.6. The number of carbonyl (C=O) groups is 2. The Bertz CT molecular complexity index is 507. The number of nitrogens with zero attached hydrogens (tertiary/aromatic N) is 1. The third kappa shape index (κ3) is 5.82. The van der Waals surface area contributed by atoms with Gasteiger partial charge in [-0.1, -0.05) is 18.2 Å². The highest BCUT2D eigenvalue weighted by Gasteiger charge is 2.29. The van der Waals surface area contributed by atoms with Crippen LogP contribution >= 0.6 is 12.4 Å². The van der Waals surface area contributed by atoms with Crippen LogP contribution in [0.3, 0.4) is 0 Å². The van der Waals surface area contributed by atoms with Crippen molar-refractivity contribution in [3.63, 3.8) is 0 Å². The zero-order valence-corrected chi connectivity index (χ0v) is 14.1. The van der Waals surface area contributed by atoms with E-state index < -0.39 is 6.04 Å². The van der Waals surface area contributed by atoms with Crippen LogP contribution in [-0.4, -0.2) is 49.6 Å². The Kier molecular flexibility index (Phi) is 8.02. The smallest absolute Gasteiger partial charge is 0.243 e. The van der Waals surface area contributed by atoms with E-state index in [1.165, 1.54) is 4.90 Å². The van der Waals surface area contributed by atoms with Crippen LogP contribution in [0.2, 0.25) is 0 Å². The van der Waals surface area contributed by atoms with Crippen LogP contribution in [0.5, 0.6) is 0 Å². The average molecular weight is 342 g/mol. The predicted octanol–water partition coefficient (Wildman–Crippen LogP) is 1.26. The summed E-state index contributed by atoms with van der Waals surface area (Å²) >= 11 is 0. The number of rotatable bonds is 5. The number of benzene rings is 1. The van der Waals surface area contributed by atoms with Crippen LogP contribution in [-0.2, 0) is 14.3 Å². The molecule has 1 aliphatic heterocycles. The molecule has 2 amide bonds. The van der Waals surface area contributed by atoms with E-state index in [0.717, 1.165) is 12.8 Å². The van der Waals surface area contributed by atoms with Gasteiger partial charge in [0.1, 0.15) is 0 Å². The van der Waals surface area contributed by atoms with E-state index in [0.29, 0.717) is 18.9 Å². The largest absolute Gasteiger partial charge is 0.381 e. The second-order valence-electron chi connectivity index (χ2n) is 5.58. The molecule has 128 valence electrons. The lowest BCUT2D eigenvalue weighted by molar-refractivity contribution is -0.136. The Balaban J connectivity index is 0.00000264. The summed E-state index contributed by atoms with van der Waals surface area (Å²) in [5, 5.41) is 2.75. The summed E-state index contributed by atoms with van der Waals surface area (Å²) in [6.07, 6.45) is 1.58. The van der Waals surface area contributed by atoms with E-state index in [9.17, 15) is 9.59 Å². The quantitative estimate of drug-likeness (QED) is 0.844. The fourth-order valence-electron chi connectivity index (χ4n) is 2.55. The van der Waals surface area contributed by atoms with Crippen molar-refractivity contribution >= 4 is 29.9 Å². The van der Waals surface area contributed by atoms with Gasteiger partial charge in [-0.25, -0.2) is 0 Å². The highest BCUT2D eigenvalue weighted by Crippen LogP contribution is 2.18. The van der Waals surface area contributed by atoms with Crippen molar-refractivity contribution in [3.8, 4) is 0 Å². The Hall–Kier alpha value is -1.63. The molecule has 0 radical (unpaired) electrons. The third-order valence-electron chi connectivity index (χ3n) is 3.87. The first kappa shape index (κ1) is 19.4. The molecule has 1 saturated heterocycles. The summed E-state index contributed by atoms with van der Waals surface area (Å²) in [4.78, 5) is 25.7. The number of hydrogen-bond acceptors (Lipinski definition) is 4. The lowest BCUT2D eigenvalue weighted by Crippen LogP contribution is -2.49. The fraction of sp³-hybridized carbons (Fsp3) is 0.500. The molecule has 2 rings (SSSR count). The predicted molar refractivity (Wildman–Crippen MR) is 91.5 cm³/mol. The molecule has 1 heterocycles. The molecule has 0 aliphatic carbocycles. The van der Waals surface area contributed by atoms with Gasteiger partial charge in [0.2, 0.25) is 11.8 Å². The van der Waals surface area contributed by atoms with Gasteiger partial charge in [0, 0.05) is 25.9 Å². The van der Waals surface area contributed by atoms with Crippen LogP contribution in [0.15, 0.2) is 30.3 Å². The second-order valence-corrected chi connectivity index (χ2v) is 5.58. The zero-order chi connectivity index (χ0) is 15.9. The number of halogens is 1. The van der Waals surface area contributed by atoms with Crippen molar-refractivity contribution in [2.45, 2.75) is 18.9 Å². The number of para-hydroxylation sites is 1. The van der Waals surface area contributed by atoms with Gasteiger partial charge in [-0.05, 0) is 30.9 Å². The topological polar surface area (TPSA) is 84.7 Å². The van der Waals surface area contributed by atoms with Crippen LogP contribution in [0, 0.1) is 5.92 Å². The lowest BCUT2D eigenvalue weighted by atomic mass is 9.91. The van der Waals surface area contributed by atoms with Crippen LogP contribution < -0.4 is 11.1 Å². The summed E-state index contributed by atoms with van der Waals surface area (Å²) in [6, 6.07) is 8.58. The number of ether oxygens (including phenoxy) is 1. The van der Waals surface area contributed by atoms with E-state index in [1.54, 1.807) is 19.2 Å². The van der Waals surface area contributed by atoms with Crippen LogP contribution in [0.25, 0.3) is 0 Å². The van der Waals surface area contributed by atoms with Gasteiger partial charge < -0.3 is 20.7 Å². The molecule has 3 N–H and O–H groups in total. The molecule has 0 spiro atoms. The number of nitrogens with two attached hydrogens (primary N) is 1. The standard InChI is InChI=1S/C16H23N3O3.ClH/c1-19(11-14(20)18-13-5-3-2-4-6-13)16(21)15(17)12-7-9-22-10-8-12;/h2-6,12,15H,7-11,17H2,1H3,(H,18,20);1H. The molecule has 6 nitrogen and oxygen atoms in total. The van der Waals surface area contributed by atoms with Crippen LogP contribution in [0.1, 0.15) is 12.8 Å². The van der Waals surface area contributed by atoms with Gasteiger partial charge in [0.15, 0.2) is 0 Å². The summed E-state index contributed by atoms with van der Waals surface area (Å²) in [6.45, 7) is 1.28. The van der Waals surface area contributed by atoms with Gasteiger partial charge in [-0.3, -0.25) is 9.59 Å². The number of hydrogen-bond donors (Lipinski definition) is 2. The minimum absolute atomic E-state index is 0. The maximum Gasteiger partial charge on any atom is 0.243 e. The minimum Gasteiger partial charge on any atom is -0.381 e. The Labute approximate surface area is 142 Å². The molecular formula is C16H24ClN3O3. The molecule has 1 aliphatic rings. The molecule has 1 aromatic carbocycles. The maximum atomic E-state index is 12.3. The first-order valence-electron chi connectivity index (χ1n) is 7.51. The Morgan fingerprint density at radius 1 is 1.30 bits per heavy atom. The van der Waals surface area contributed by atoms with Crippen molar-refractivity contribution in [2.24, 2.45) is 11.7 Å². The van der Waals surface area contributed by atoms with Crippen molar-refractivity contribution in [1.29, 1.82) is 0 Å². The van der Waals surface area contributed by atoms with Crippen molar-refractivity contribution in [3.05, 3.63) is 30.3 Å². The summed E-state index contributed by atoms with van der Waals surface area (Å²) in [5.74, 6) is -0.308. The zero-order valence-electron chi connectivity index (χ0n) is 13.2. The SMILES string of the molecule is CN(CC(=O)Nc1ccccc1)C(=O)C(N)C1CCOCC1.Cl. The number of anilines is 1. The summed E-state index contributed by atoms with van der Waals surface area (Å²) in [5.41, 5.74) is 6.75. The van der Waals surface area contributed by atoms with Crippen molar-refractivity contribution in [1.82, 2.24) is 4.90 Å². The Morgan fingerprint density at radius 2 is 1.91 bits per heavy atom. The molecule has 1 atom stereocenters. The van der Waals surface area contributed by atoms with E-state index in [-0.39, 0.29) is 36.7 Å². The molecule has 23 heavy (non-hydrogen) atoms. The van der Waals surface area contributed by atoms with Gasteiger partial charge in [-0.2, -0.15) is 0 Å². The number of amides is 2. The molecular weight excluding hydrogens is 318 g/mol. The monoisotopic (exact) mass is 341 g/mol. The van der Waals surface area contributed by atoms with E-state index in [2.05, 4.69) is 5.32 Å². The molecule has 0 bridgehead atoms. The van der Waals surface area contributed by atoms with Crippen LogP contribution in [0.4, 0.5) is 5.69 Å². The molecule has 7 heteroatoms. The van der Waals surface area contributed by atoms with Gasteiger partial charge in [-0.15, -0.1) is 12.4 Å². The number of carbonyl (C=O) groups excluding carboxylic acids is 2. The fourth-order valence-corrected chi connectivity index (χ4v) is 2.55.